The Balaban J connectivity index is 2.11. The zero-order valence-electron chi connectivity index (χ0n) is 11.4. The molecule has 0 saturated carbocycles. The highest BCUT2D eigenvalue weighted by molar-refractivity contribution is 6.33. The van der Waals surface area contributed by atoms with Gasteiger partial charge >= 0.3 is 6.03 Å². The summed E-state index contributed by atoms with van der Waals surface area (Å²) in [5.41, 5.74) is 7.15. The molecule has 0 aliphatic heterocycles. The molecule has 6 heteroatoms. The van der Waals surface area contributed by atoms with E-state index in [-0.39, 0.29) is 11.9 Å². The van der Waals surface area contributed by atoms with Crippen LogP contribution in [0, 0.1) is 5.82 Å². The first-order chi connectivity index (χ1) is 9.95. The molecule has 0 fully saturated rings. The van der Waals surface area contributed by atoms with Crippen molar-refractivity contribution in [1.82, 2.24) is 0 Å². The van der Waals surface area contributed by atoms with Crippen molar-refractivity contribution in [3.8, 4) is 0 Å². The molecular weight excluding hydrogens is 293 g/mol. The molecule has 2 amide bonds. The number of carbonyl (C=O) groups excluding carboxylic acids is 1. The average Bonchev–Trinajstić information content (AvgIpc) is 2.43. The molecule has 0 aliphatic carbocycles. The van der Waals surface area contributed by atoms with Gasteiger partial charge in [-0.25, -0.2) is 9.18 Å². The number of benzene rings is 2. The van der Waals surface area contributed by atoms with E-state index in [4.69, 9.17) is 17.3 Å². The van der Waals surface area contributed by atoms with Gasteiger partial charge in [0.15, 0.2) is 0 Å². The molecule has 1 atom stereocenters. The number of rotatable bonds is 4. The number of nitrogens with one attached hydrogen (secondary N) is 2. The molecule has 0 aliphatic rings. The molecule has 0 aromatic heterocycles. The van der Waals surface area contributed by atoms with Crippen LogP contribution in [-0.2, 0) is 0 Å². The van der Waals surface area contributed by atoms with Gasteiger partial charge in [-0.3, -0.25) is 0 Å². The monoisotopic (exact) mass is 307 g/mol. The zero-order chi connectivity index (χ0) is 15.4. The van der Waals surface area contributed by atoms with Crippen molar-refractivity contribution in [3.05, 3.63) is 58.9 Å². The van der Waals surface area contributed by atoms with Gasteiger partial charge in [0.25, 0.3) is 0 Å². The van der Waals surface area contributed by atoms with Crippen LogP contribution < -0.4 is 16.4 Å². The highest BCUT2D eigenvalue weighted by Gasteiger charge is 2.09. The van der Waals surface area contributed by atoms with Crippen LogP contribution >= 0.6 is 11.6 Å². The Hall–Kier alpha value is -2.27. The minimum atomic E-state index is -0.611. The number of hydrogen-bond donors (Lipinski definition) is 3. The first-order valence-corrected chi connectivity index (χ1v) is 6.71. The summed E-state index contributed by atoms with van der Waals surface area (Å²) in [5.74, 6) is -0.352. The summed E-state index contributed by atoms with van der Waals surface area (Å²) in [7, 11) is 0. The molecule has 0 spiro atoms. The Kier molecular flexibility index (Phi) is 4.65. The van der Waals surface area contributed by atoms with Crippen LogP contribution in [0.4, 0.5) is 20.6 Å². The van der Waals surface area contributed by atoms with Crippen LogP contribution in [-0.4, -0.2) is 6.03 Å². The predicted molar refractivity (Wildman–Crippen MR) is 83.1 cm³/mol. The van der Waals surface area contributed by atoms with E-state index < -0.39 is 6.03 Å². The van der Waals surface area contributed by atoms with E-state index in [1.54, 1.807) is 12.1 Å². The average molecular weight is 308 g/mol. The first-order valence-electron chi connectivity index (χ1n) is 6.33. The summed E-state index contributed by atoms with van der Waals surface area (Å²) >= 11 is 6.02. The number of hydrogen-bond acceptors (Lipinski definition) is 2. The third-order valence-electron chi connectivity index (χ3n) is 2.98. The highest BCUT2D eigenvalue weighted by atomic mass is 35.5. The highest BCUT2D eigenvalue weighted by Crippen LogP contribution is 2.27. The van der Waals surface area contributed by atoms with Gasteiger partial charge in [0.2, 0.25) is 0 Å². The van der Waals surface area contributed by atoms with Crippen molar-refractivity contribution in [1.29, 1.82) is 0 Å². The first kappa shape index (κ1) is 15.1. The predicted octanol–water partition coefficient (Wildman–Crippen LogP) is 4.14. The maximum absolute atomic E-state index is 13.2. The van der Waals surface area contributed by atoms with Gasteiger partial charge in [0.05, 0.1) is 10.7 Å². The van der Waals surface area contributed by atoms with E-state index in [0.29, 0.717) is 16.4 Å². The van der Waals surface area contributed by atoms with Crippen LogP contribution in [0.25, 0.3) is 0 Å². The van der Waals surface area contributed by atoms with E-state index >= 15 is 0 Å². The summed E-state index contributed by atoms with van der Waals surface area (Å²) < 4.78 is 13.2. The Bertz CT molecular complexity index is 646. The lowest BCUT2D eigenvalue weighted by atomic mass is 10.1. The number of amides is 2. The normalized spacial score (nSPS) is 11.8. The fourth-order valence-corrected chi connectivity index (χ4v) is 2.09. The standard InChI is InChI=1S/C15H15ClFN3O/c1-9(19-14-8-11(17)4-7-13(14)16)10-2-5-12(6-3-10)20-15(18)21/h2-9,19H,1H3,(H3,18,20,21). The van der Waals surface area contributed by atoms with E-state index in [0.717, 1.165) is 5.56 Å². The smallest absolute Gasteiger partial charge is 0.316 e. The van der Waals surface area contributed by atoms with Gasteiger partial charge in [0, 0.05) is 11.7 Å². The largest absolute Gasteiger partial charge is 0.377 e. The second-order valence-electron chi connectivity index (χ2n) is 4.60. The molecule has 110 valence electrons. The Labute approximate surface area is 127 Å². The summed E-state index contributed by atoms with van der Waals surface area (Å²) in [6.45, 7) is 1.93. The number of carbonyl (C=O) groups is 1. The van der Waals surface area contributed by atoms with E-state index in [2.05, 4.69) is 10.6 Å². The third kappa shape index (κ3) is 4.10. The molecule has 21 heavy (non-hydrogen) atoms. The van der Waals surface area contributed by atoms with E-state index in [1.165, 1.54) is 18.2 Å². The minimum absolute atomic E-state index is 0.0769. The van der Waals surface area contributed by atoms with Gasteiger partial charge < -0.3 is 16.4 Å². The number of anilines is 2. The molecule has 4 N–H and O–H groups in total. The van der Waals surface area contributed by atoms with Crippen molar-refractivity contribution >= 4 is 29.0 Å². The number of halogens is 2. The van der Waals surface area contributed by atoms with Crippen molar-refractivity contribution in [3.63, 3.8) is 0 Å². The maximum atomic E-state index is 13.2. The van der Waals surface area contributed by atoms with Gasteiger partial charge in [-0.1, -0.05) is 23.7 Å². The van der Waals surface area contributed by atoms with Crippen molar-refractivity contribution in [2.75, 3.05) is 10.6 Å². The molecule has 4 nitrogen and oxygen atoms in total. The molecule has 0 heterocycles. The van der Waals surface area contributed by atoms with Crippen LogP contribution in [0.2, 0.25) is 5.02 Å². The molecule has 1 unspecified atom stereocenters. The Morgan fingerprint density at radius 3 is 2.52 bits per heavy atom. The van der Waals surface area contributed by atoms with Gasteiger partial charge in [-0.2, -0.15) is 0 Å². The Morgan fingerprint density at radius 1 is 1.24 bits per heavy atom. The molecule has 0 saturated heterocycles. The number of nitrogens with two attached hydrogens (primary N) is 1. The second-order valence-corrected chi connectivity index (χ2v) is 5.01. The summed E-state index contributed by atoms with van der Waals surface area (Å²) in [5, 5.41) is 6.08. The minimum Gasteiger partial charge on any atom is -0.377 e. The lowest BCUT2D eigenvalue weighted by Crippen LogP contribution is -2.19. The van der Waals surface area contributed by atoms with Gasteiger partial charge in [0.1, 0.15) is 5.82 Å². The molecular formula is C15H15ClFN3O. The zero-order valence-corrected chi connectivity index (χ0v) is 12.1. The topological polar surface area (TPSA) is 67.2 Å². The Morgan fingerprint density at radius 2 is 1.90 bits per heavy atom. The lowest BCUT2D eigenvalue weighted by Gasteiger charge is -2.17. The van der Waals surface area contributed by atoms with Crippen molar-refractivity contribution in [2.24, 2.45) is 5.73 Å². The molecule has 2 rings (SSSR count). The quantitative estimate of drug-likeness (QED) is 0.794. The maximum Gasteiger partial charge on any atom is 0.316 e. The van der Waals surface area contributed by atoms with E-state index in [1.807, 2.05) is 19.1 Å². The molecule has 2 aromatic rings. The summed E-state index contributed by atoms with van der Waals surface area (Å²) in [6, 6.07) is 10.6. The summed E-state index contributed by atoms with van der Waals surface area (Å²) in [6.07, 6.45) is 0. The van der Waals surface area contributed by atoms with Crippen molar-refractivity contribution in [2.45, 2.75) is 13.0 Å². The van der Waals surface area contributed by atoms with Gasteiger partial charge in [-0.05, 0) is 42.8 Å². The molecule has 2 aromatic carbocycles. The SMILES string of the molecule is CC(Nc1cc(F)ccc1Cl)c1ccc(NC(N)=O)cc1. The van der Waals surface area contributed by atoms with Crippen LogP contribution in [0.15, 0.2) is 42.5 Å². The molecule has 0 bridgehead atoms. The second kappa shape index (κ2) is 6.45. The van der Waals surface area contributed by atoms with Crippen LogP contribution in [0.1, 0.15) is 18.5 Å². The summed E-state index contributed by atoms with van der Waals surface area (Å²) in [4.78, 5) is 10.7. The van der Waals surface area contributed by atoms with Crippen molar-refractivity contribution < 1.29 is 9.18 Å². The van der Waals surface area contributed by atoms with E-state index in [9.17, 15) is 9.18 Å². The van der Waals surface area contributed by atoms with Gasteiger partial charge in [-0.15, -0.1) is 0 Å². The number of urea groups is 1. The third-order valence-corrected chi connectivity index (χ3v) is 3.31. The number of primary amides is 1. The van der Waals surface area contributed by atoms with Crippen LogP contribution in [0.5, 0.6) is 0 Å². The van der Waals surface area contributed by atoms with Crippen LogP contribution in [0.3, 0.4) is 0 Å². The molecule has 0 radical (unpaired) electrons. The lowest BCUT2D eigenvalue weighted by molar-refractivity contribution is 0.259. The fourth-order valence-electron chi connectivity index (χ4n) is 1.92. The fraction of sp³-hybridized carbons (Fsp3) is 0.133.